The van der Waals surface area contributed by atoms with Crippen molar-refractivity contribution in [1.82, 2.24) is 15.5 Å². The molecule has 1 spiro atoms. The highest BCUT2D eigenvalue weighted by Crippen LogP contribution is 2.49. The highest BCUT2D eigenvalue weighted by Gasteiger charge is 2.50. The Morgan fingerprint density at radius 3 is 2.43 bits per heavy atom. The molecule has 4 amide bonds. The summed E-state index contributed by atoms with van der Waals surface area (Å²) in [6.45, 7) is 1.14. The molecule has 2 heterocycles. The van der Waals surface area contributed by atoms with Crippen LogP contribution >= 0.6 is 0 Å². The van der Waals surface area contributed by atoms with Gasteiger partial charge in [0.15, 0.2) is 0 Å². The van der Waals surface area contributed by atoms with Crippen LogP contribution in [-0.4, -0.2) is 41.4 Å². The van der Waals surface area contributed by atoms with Crippen LogP contribution in [0.5, 0.6) is 0 Å². The number of amides is 4. The highest BCUT2D eigenvalue weighted by atomic mass is 16.2. The molecule has 4 fully saturated rings. The number of nitrogens with zero attached hydrogens (tertiary/aromatic N) is 1. The van der Waals surface area contributed by atoms with Crippen molar-refractivity contribution in [3.8, 4) is 0 Å². The zero-order valence-electron chi connectivity index (χ0n) is 12.1. The summed E-state index contributed by atoms with van der Waals surface area (Å²) in [5.74, 6) is 1.61. The number of carbonyl (C=O) groups excluding carboxylic acids is 3. The van der Waals surface area contributed by atoms with Gasteiger partial charge in [0.1, 0.15) is 5.54 Å². The van der Waals surface area contributed by atoms with Crippen molar-refractivity contribution in [2.75, 3.05) is 13.1 Å². The predicted octanol–water partition coefficient (Wildman–Crippen LogP) is 0.623. The number of hydrogen-bond donors (Lipinski definition) is 2. The monoisotopic (exact) mass is 291 g/mol. The van der Waals surface area contributed by atoms with Crippen molar-refractivity contribution < 1.29 is 14.4 Å². The number of fused-ring (bicyclic) bond motifs is 2. The number of nitrogens with one attached hydrogen (secondary N) is 2. The first-order valence-electron chi connectivity index (χ1n) is 8.00. The average molecular weight is 291 g/mol. The van der Waals surface area contributed by atoms with Crippen molar-refractivity contribution in [1.29, 1.82) is 0 Å². The third-order valence-electron chi connectivity index (χ3n) is 6.00. The van der Waals surface area contributed by atoms with Crippen LogP contribution in [0.3, 0.4) is 0 Å². The van der Waals surface area contributed by atoms with Crippen LogP contribution in [0, 0.1) is 17.8 Å². The standard InChI is InChI=1S/C15H21N3O3/c19-12(11-8-9-1-2-10(11)7-9)18-5-3-15(4-6-18)13(20)16-14(21)17-15/h9-11H,1-8H2,(H2,16,17,20,21)/t9-,10-,11-/m1/s1. The number of rotatable bonds is 1. The van der Waals surface area contributed by atoms with Crippen LogP contribution in [0.4, 0.5) is 4.79 Å². The van der Waals surface area contributed by atoms with E-state index in [1.165, 1.54) is 19.3 Å². The number of piperidine rings is 1. The Labute approximate surface area is 123 Å². The Morgan fingerprint density at radius 1 is 1.14 bits per heavy atom. The number of urea groups is 1. The Balaban J connectivity index is 1.40. The van der Waals surface area contributed by atoms with Gasteiger partial charge in [0.2, 0.25) is 5.91 Å². The molecule has 2 aliphatic heterocycles. The molecule has 2 N–H and O–H groups in total. The fraction of sp³-hybridized carbons (Fsp3) is 0.800. The third-order valence-corrected chi connectivity index (χ3v) is 6.00. The minimum absolute atomic E-state index is 0.213. The molecule has 0 aromatic heterocycles. The average Bonchev–Trinajstić information content (AvgIpc) is 3.15. The molecule has 0 unspecified atom stereocenters. The van der Waals surface area contributed by atoms with Gasteiger partial charge < -0.3 is 10.2 Å². The predicted molar refractivity (Wildman–Crippen MR) is 74.2 cm³/mol. The minimum Gasteiger partial charge on any atom is -0.342 e. The molecule has 114 valence electrons. The van der Waals surface area contributed by atoms with Crippen LogP contribution in [0.1, 0.15) is 38.5 Å². The summed E-state index contributed by atoms with van der Waals surface area (Å²) < 4.78 is 0. The molecular formula is C15H21N3O3. The summed E-state index contributed by atoms with van der Waals surface area (Å²) in [4.78, 5) is 37.8. The molecule has 0 radical (unpaired) electrons. The van der Waals surface area contributed by atoms with Gasteiger partial charge in [-0.25, -0.2) is 4.79 Å². The van der Waals surface area contributed by atoms with Crippen LogP contribution in [0.2, 0.25) is 0 Å². The Kier molecular flexibility index (Phi) is 2.78. The first-order valence-corrected chi connectivity index (χ1v) is 8.00. The van der Waals surface area contributed by atoms with Gasteiger partial charge in [-0.1, -0.05) is 6.42 Å². The number of likely N-dealkylation sites (tertiary alicyclic amines) is 1. The SMILES string of the molecule is O=C1NC(=O)C2(CCN(C(=O)[C@@H]3C[C@@H]4CC[C@@H]3C4)CC2)N1. The molecular weight excluding hydrogens is 270 g/mol. The molecule has 2 aliphatic carbocycles. The molecule has 4 aliphatic rings. The highest BCUT2D eigenvalue weighted by molar-refractivity contribution is 6.07. The third kappa shape index (κ3) is 1.95. The molecule has 3 atom stereocenters. The summed E-state index contributed by atoms with van der Waals surface area (Å²) in [7, 11) is 0. The first-order chi connectivity index (χ1) is 10.1. The Hall–Kier alpha value is -1.59. The maximum atomic E-state index is 12.7. The van der Waals surface area contributed by atoms with Gasteiger partial charge in [0.25, 0.3) is 5.91 Å². The number of hydrogen-bond acceptors (Lipinski definition) is 3. The van der Waals surface area contributed by atoms with Crippen LogP contribution < -0.4 is 10.6 Å². The van der Waals surface area contributed by atoms with Crippen molar-refractivity contribution in [3.63, 3.8) is 0 Å². The van der Waals surface area contributed by atoms with Gasteiger partial charge in [-0.3, -0.25) is 14.9 Å². The van der Waals surface area contributed by atoms with Crippen molar-refractivity contribution in [2.24, 2.45) is 17.8 Å². The summed E-state index contributed by atoms with van der Waals surface area (Å²) in [6.07, 6.45) is 5.84. The van der Waals surface area contributed by atoms with Crippen LogP contribution in [0.25, 0.3) is 0 Å². The second-order valence-corrected chi connectivity index (χ2v) is 7.10. The summed E-state index contributed by atoms with van der Waals surface area (Å²) in [6, 6.07) is -0.409. The topological polar surface area (TPSA) is 78.5 Å². The van der Waals surface area contributed by atoms with Gasteiger partial charge in [0.05, 0.1) is 0 Å². The van der Waals surface area contributed by atoms with E-state index in [2.05, 4.69) is 10.6 Å². The van der Waals surface area contributed by atoms with E-state index >= 15 is 0 Å². The number of imide groups is 1. The molecule has 2 saturated carbocycles. The van der Waals surface area contributed by atoms with Gasteiger partial charge in [-0.15, -0.1) is 0 Å². The van der Waals surface area contributed by atoms with Crippen LogP contribution in [-0.2, 0) is 9.59 Å². The summed E-state index contributed by atoms with van der Waals surface area (Å²) in [5.41, 5.74) is -0.775. The molecule has 2 saturated heterocycles. The van der Waals surface area contributed by atoms with Gasteiger partial charge in [0, 0.05) is 19.0 Å². The molecule has 6 heteroatoms. The van der Waals surface area contributed by atoms with Crippen LogP contribution in [0.15, 0.2) is 0 Å². The molecule has 0 aromatic rings. The van der Waals surface area contributed by atoms with Crippen molar-refractivity contribution >= 4 is 17.8 Å². The lowest BCUT2D eigenvalue weighted by molar-refractivity contribution is -0.140. The van der Waals surface area contributed by atoms with E-state index in [0.717, 1.165) is 12.3 Å². The first kappa shape index (κ1) is 13.1. The lowest BCUT2D eigenvalue weighted by Crippen LogP contribution is -2.56. The second kappa shape index (κ2) is 4.45. The van der Waals surface area contributed by atoms with Crippen molar-refractivity contribution in [2.45, 2.75) is 44.1 Å². The Morgan fingerprint density at radius 2 is 1.90 bits per heavy atom. The van der Waals surface area contributed by atoms with E-state index in [4.69, 9.17) is 0 Å². The van der Waals surface area contributed by atoms with Gasteiger partial charge in [-0.05, 0) is 43.9 Å². The van der Waals surface area contributed by atoms with E-state index in [1.807, 2.05) is 4.90 Å². The lowest BCUT2D eigenvalue weighted by atomic mass is 9.84. The maximum absolute atomic E-state index is 12.7. The van der Waals surface area contributed by atoms with E-state index in [9.17, 15) is 14.4 Å². The fourth-order valence-corrected chi connectivity index (χ4v) is 4.77. The quantitative estimate of drug-likeness (QED) is 0.695. The second-order valence-electron chi connectivity index (χ2n) is 7.10. The molecule has 21 heavy (non-hydrogen) atoms. The van der Waals surface area contributed by atoms with Crippen molar-refractivity contribution in [3.05, 3.63) is 0 Å². The Bertz CT molecular complexity index is 510. The molecule has 2 bridgehead atoms. The summed E-state index contributed by atoms with van der Waals surface area (Å²) >= 11 is 0. The zero-order chi connectivity index (χ0) is 14.6. The van der Waals surface area contributed by atoms with E-state index in [0.29, 0.717) is 31.8 Å². The van der Waals surface area contributed by atoms with Gasteiger partial charge in [-0.2, -0.15) is 0 Å². The van der Waals surface area contributed by atoms with Gasteiger partial charge >= 0.3 is 6.03 Å². The molecule has 6 nitrogen and oxygen atoms in total. The molecule has 4 rings (SSSR count). The number of carbonyl (C=O) groups is 3. The molecule has 0 aromatic carbocycles. The fourth-order valence-electron chi connectivity index (χ4n) is 4.77. The minimum atomic E-state index is -0.775. The normalized spacial score (nSPS) is 37.0. The lowest BCUT2D eigenvalue weighted by Gasteiger charge is -2.39. The zero-order valence-corrected chi connectivity index (χ0v) is 12.1. The maximum Gasteiger partial charge on any atom is 0.322 e. The summed E-state index contributed by atoms with van der Waals surface area (Å²) in [5, 5.41) is 5.04. The van der Waals surface area contributed by atoms with E-state index in [-0.39, 0.29) is 17.7 Å². The van der Waals surface area contributed by atoms with E-state index < -0.39 is 11.6 Å². The largest absolute Gasteiger partial charge is 0.342 e. The van der Waals surface area contributed by atoms with E-state index in [1.54, 1.807) is 0 Å². The smallest absolute Gasteiger partial charge is 0.322 e.